The van der Waals surface area contributed by atoms with Gasteiger partial charge in [-0.25, -0.2) is 18.2 Å². The molecule has 0 fully saturated rings. The molecule has 40 heavy (non-hydrogen) atoms. The number of aryl methyl sites for hydroxylation is 3. The molecule has 210 valence electrons. The summed E-state index contributed by atoms with van der Waals surface area (Å²) >= 11 is 0.928. The lowest BCUT2D eigenvalue weighted by molar-refractivity contribution is -0.225. The van der Waals surface area contributed by atoms with Gasteiger partial charge in [0, 0.05) is 6.54 Å². The number of hydroxylamine groups is 1. The summed E-state index contributed by atoms with van der Waals surface area (Å²) in [6.45, 7) is 4.74. The number of thiazole rings is 1. The van der Waals surface area contributed by atoms with Crippen LogP contribution in [0.3, 0.4) is 0 Å². The summed E-state index contributed by atoms with van der Waals surface area (Å²) in [5, 5.41) is -0.185. The normalized spacial score (nSPS) is 13.0. The van der Waals surface area contributed by atoms with Gasteiger partial charge >= 0.3 is 12.1 Å². The maximum Gasteiger partial charge on any atom is 0.492 e. The second kappa shape index (κ2) is 11.1. The first-order chi connectivity index (χ1) is 18.7. The molecule has 0 aliphatic carbocycles. The summed E-state index contributed by atoms with van der Waals surface area (Å²) in [4.78, 5) is 34.6. The Bertz CT molecular complexity index is 1640. The molecule has 0 radical (unpaired) electrons. The van der Waals surface area contributed by atoms with Crippen molar-refractivity contribution in [3.05, 3.63) is 93.5 Å². The zero-order valence-electron chi connectivity index (χ0n) is 21.5. The minimum absolute atomic E-state index is 0.0533. The molecule has 1 heterocycles. The monoisotopic (exact) mass is 591 g/mol. The minimum atomic E-state index is -5.56. The fourth-order valence-corrected chi connectivity index (χ4v) is 7.04. The predicted molar refractivity (Wildman–Crippen MR) is 143 cm³/mol. The summed E-state index contributed by atoms with van der Waals surface area (Å²) in [6.07, 6.45) is -5.56. The summed E-state index contributed by atoms with van der Waals surface area (Å²) in [6, 6.07) is 13.4. The highest BCUT2D eigenvalue weighted by Crippen LogP contribution is 2.37. The third-order valence-corrected chi connectivity index (χ3v) is 8.97. The fraction of sp³-hybridized carbons (Fsp3) is 0.222. The van der Waals surface area contributed by atoms with Crippen molar-refractivity contribution in [3.8, 4) is 0 Å². The molecular weight excluding hydrogens is 567 g/mol. The van der Waals surface area contributed by atoms with E-state index in [2.05, 4.69) is 9.82 Å². The van der Waals surface area contributed by atoms with Gasteiger partial charge in [-0.2, -0.15) is 13.2 Å². The fourth-order valence-electron chi connectivity index (χ4n) is 4.34. The van der Waals surface area contributed by atoms with Crippen LogP contribution in [-0.4, -0.2) is 35.8 Å². The lowest BCUT2D eigenvalue weighted by Gasteiger charge is -2.29. The number of carbonyl (C=O) groups is 2. The Labute approximate surface area is 232 Å². The number of alkyl halides is 3. The number of para-hydroxylation sites is 1. The SMILES string of the molecule is Cc1cc(C)c(S(=O)(=O)N(OC(=O)C(F)(F)F)C(C(=O)c2nc3ccccc3s2)c2ccc(CN)cc2)c(C)c1. The van der Waals surface area contributed by atoms with Gasteiger partial charge in [0.15, 0.2) is 11.0 Å². The molecule has 3 aromatic carbocycles. The third kappa shape index (κ3) is 5.77. The van der Waals surface area contributed by atoms with E-state index in [0.717, 1.165) is 11.3 Å². The third-order valence-electron chi connectivity index (χ3n) is 6.00. The van der Waals surface area contributed by atoms with E-state index in [9.17, 15) is 31.2 Å². The standard InChI is InChI=1S/C27H24F3N3O5S2/c1-15-12-16(2)24(17(3)13-15)40(36,37)33(38-26(35)27(28,29)30)22(19-10-8-18(14-31)9-11-19)23(34)25-32-20-6-4-5-7-21(20)39-25/h4-13,22H,14,31H2,1-3H3. The smallest absolute Gasteiger partial charge is 0.344 e. The van der Waals surface area contributed by atoms with Crippen molar-refractivity contribution in [2.24, 2.45) is 5.73 Å². The van der Waals surface area contributed by atoms with Crippen LogP contribution in [0.4, 0.5) is 13.2 Å². The number of fused-ring (bicyclic) bond motifs is 1. The molecule has 1 aromatic heterocycles. The molecule has 0 bridgehead atoms. The highest BCUT2D eigenvalue weighted by Gasteiger charge is 2.49. The molecule has 0 spiro atoms. The Morgan fingerprint density at radius 1 is 1.02 bits per heavy atom. The zero-order valence-corrected chi connectivity index (χ0v) is 23.2. The lowest BCUT2D eigenvalue weighted by Crippen LogP contribution is -2.44. The second-order valence-corrected chi connectivity index (χ2v) is 11.8. The van der Waals surface area contributed by atoms with Crippen LogP contribution in [0.5, 0.6) is 0 Å². The van der Waals surface area contributed by atoms with Gasteiger partial charge in [-0.05, 0) is 59.6 Å². The number of nitrogens with zero attached hydrogens (tertiary/aromatic N) is 2. The largest absolute Gasteiger partial charge is 0.492 e. The van der Waals surface area contributed by atoms with Crippen LogP contribution >= 0.6 is 11.3 Å². The first-order valence-corrected chi connectivity index (χ1v) is 14.1. The van der Waals surface area contributed by atoms with Crippen molar-refractivity contribution in [2.45, 2.75) is 44.4 Å². The predicted octanol–water partition coefficient (Wildman–Crippen LogP) is 5.32. The topological polar surface area (TPSA) is 120 Å². The molecule has 0 aliphatic rings. The summed E-state index contributed by atoms with van der Waals surface area (Å²) in [5.41, 5.74) is 7.73. The number of sulfonamides is 1. The molecule has 2 N–H and O–H groups in total. The van der Waals surface area contributed by atoms with Gasteiger partial charge in [-0.15, -0.1) is 11.3 Å². The number of benzene rings is 3. The van der Waals surface area contributed by atoms with E-state index in [1.807, 2.05) is 0 Å². The van der Waals surface area contributed by atoms with Crippen molar-refractivity contribution in [3.63, 3.8) is 0 Å². The zero-order chi connectivity index (χ0) is 29.4. The molecule has 0 saturated carbocycles. The summed E-state index contributed by atoms with van der Waals surface area (Å²) in [7, 11) is -5.06. The Morgan fingerprint density at radius 3 is 2.17 bits per heavy atom. The van der Waals surface area contributed by atoms with Crippen molar-refractivity contribution in [1.82, 2.24) is 9.45 Å². The van der Waals surface area contributed by atoms with Gasteiger partial charge in [0.1, 0.15) is 0 Å². The van der Waals surface area contributed by atoms with Crippen LogP contribution in [-0.2, 0) is 26.2 Å². The Morgan fingerprint density at radius 2 is 1.62 bits per heavy atom. The number of aromatic nitrogens is 1. The van der Waals surface area contributed by atoms with Crippen LogP contribution < -0.4 is 5.73 Å². The molecular formula is C27H24F3N3O5S2. The number of hydrogen-bond donors (Lipinski definition) is 1. The average Bonchev–Trinajstić information content (AvgIpc) is 3.31. The number of halogens is 3. The quantitative estimate of drug-likeness (QED) is 0.218. The number of hydrogen-bond acceptors (Lipinski definition) is 8. The highest BCUT2D eigenvalue weighted by molar-refractivity contribution is 7.89. The van der Waals surface area contributed by atoms with Crippen LogP contribution in [0.15, 0.2) is 65.6 Å². The van der Waals surface area contributed by atoms with E-state index in [4.69, 9.17) is 5.73 Å². The van der Waals surface area contributed by atoms with Gasteiger partial charge in [0.25, 0.3) is 10.0 Å². The van der Waals surface area contributed by atoms with Crippen molar-refractivity contribution in [2.75, 3.05) is 0 Å². The molecule has 1 atom stereocenters. The highest BCUT2D eigenvalue weighted by atomic mass is 32.2. The second-order valence-electron chi connectivity index (χ2n) is 9.06. The first kappa shape index (κ1) is 29.3. The number of carbonyl (C=O) groups excluding carboxylic acids is 2. The maximum absolute atomic E-state index is 14.1. The number of rotatable bonds is 8. The summed E-state index contributed by atoms with van der Waals surface area (Å²) < 4.78 is 68.9. The van der Waals surface area contributed by atoms with Crippen molar-refractivity contribution >= 4 is 43.3 Å². The molecule has 4 rings (SSSR count). The maximum atomic E-state index is 14.1. The molecule has 8 nitrogen and oxygen atoms in total. The van der Waals surface area contributed by atoms with Gasteiger partial charge in [-0.1, -0.05) is 54.1 Å². The van der Waals surface area contributed by atoms with E-state index in [0.29, 0.717) is 21.3 Å². The number of ketones is 1. The Kier molecular flexibility index (Phi) is 8.13. The van der Waals surface area contributed by atoms with Crippen LogP contribution in [0.2, 0.25) is 0 Å². The Hall–Kier alpha value is -3.65. The van der Waals surface area contributed by atoms with Crippen molar-refractivity contribution in [1.29, 1.82) is 0 Å². The molecule has 0 aliphatic heterocycles. The molecule has 0 saturated heterocycles. The molecule has 4 aromatic rings. The van der Waals surface area contributed by atoms with Crippen LogP contribution in [0.1, 0.15) is 43.7 Å². The lowest BCUT2D eigenvalue weighted by atomic mass is 10.0. The van der Waals surface area contributed by atoms with Gasteiger partial charge in [0.05, 0.1) is 15.1 Å². The molecule has 1 unspecified atom stereocenters. The Balaban J connectivity index is 1.98. The van der Waals surface area contributed by atoms with Gasteiger partial charge in [0.2, 0.25) is 5.78 Å². The average molecular weight is 592 g/mol. The van der Waals surface area contributed by atoms with E-state index in [-0.39, 0.29) is 32.7 Å². The van der Waals surface area contributed by atoms with E-state index in [1.165, 1.54) is 50.2 Å². The van der Waals surface area contributed by atoms with Gasteiger partial charge in [-0.3, -0.25) is 4.79 Å². The minimum Gasteiger partial charge on any atom is -0.344 e. The van der Waals surface area contributed by atoms with Crippen LogP contribution in [0.25, 0.3) is 10.2 Å². The van der Waals surface area contributed by atoms with E-state index in [1.54, 1.807) is 31.2 Å². The van der Waals surface area contributed by atoms with Gasteiger partial charge < -0.3 is 10.6 Å². The molecule has 13 heteroatoms. The number of Topliss-reactive ketones (excluding diaryl/α,β-unsaturated/α-hetero) is 1. The number of nitrogens with two attached hydrogens (primary N) is 1. The van der Waals surface area contributed by atoms with E-state index < -0.39 is 38.9 Å². The van der Waals surface area contributed by atoms with Crippen molar-refractivity contribution < 1.29 is 36.0 Å². The van der Waals surface area contributed by atoms with E-state index >= 15 is 0 Å². The molecule has 0 amide bonds. The van der Waals surface area contributed by atoms with Crippen LogP contribution in [0, 0.1) is 20.8 Å². The first-order valence-electron chi connectivity index (χ1n) is 11.8. The summed E-state index contributed by atoms with van der Waals surface area (Å²) in [5.74, 6) is -3.79.